The molecule has 0 amide bonds. The fourth-order valence-corrected chi connectivity index (χ4v) is 1.25. The summed E-state index contributed by atoms with van der Waals surface area (Å²) in [4.78, 5) is 8.20. The SMILES string of the molecule is Bc1cnc(SC)nc1C(O)OC. The van der Waals surface area contributed by atoms with Gasteiger partial charge in [-0.25, -0.2) is 9.97 Å². The van der Waals surface area contributed by atoms with Gasteiger partial charge in [0.2, 0.25) is 0 Å². The molecule has 4 nitrogen and oxygen atoms in total. The predicted molar refractivity (Wildman–Crippen MR) is 54.0 cm³/mol. The van der Waals surface area contributed by atoms with Gasteiger partial charge in [-0.15, -0.1) is 0 Å². The lowest BCUT2D eigenvalue weighted by atomic mass is 9.96. The minimum atomic E-state index is -0.964. The number of aliphatic hydroxyl groups is 1. The summed E-state index contributed by atoms with van der Waals surface area (Å²) in [6.07, 6.45) is 2.60. The van der Waals surface area contributed by atoms with E-state index in [1.807, 2.05) is 14.1 Å². The fraction of sp³-hybridized carbons (Fsp3) is 0.429. The molecule has 0 saturated heterocycles. The van der Waals surface area contributed by atoms with Crippen LogP contribution in [0, 0.1) is 0 Å². The van der Waals surface area contributed by atoms with E-state index < -0.39 is 6.29 Å². The van der Waals surface area contributed by atoms with Crippen LogP contribution in [0.1, 0.15) is 12.0 Å². The van der Waals surface area contributed by atoms with E-state index in [1.54, 1.807) is 6.20 Å². The molecule has 0 aliphatic rings. The quantitative estimate of drug-likeness (QED) is 0.295. The van der Waals surface area contributed by atoms with Crippen LogP contribution in [0.2, 0.25) is 0 Å². The van der Waals surface area contributed by atoms with Crippen LogP contribution in [-0.4, -0.2) is 36.3 Å². The summed E-state index contributed by atoms with van der Waals surface area (Å²) in [5.74, 6) is 0. The minimum Gasteiger partial charge on any atom is -0.363 e. The zero-order chi connectivity index (χ0) is 9.84. The highest BCUT2D eigenvalue weighted by Gasteiger charge is 2.11. The molecule has 0 aliphatic carbocycles. The van der Waals surface area contributed by atoms with Crippen molar-refractivity contribution < 1.29 is 9.84 Å². The van der Waals surface area contributed by atoms with Gasteiger partial charge in [-0.1, -0.05) is 11.8 Å². The molecule has 0 aromatic carbocycles. The molecule has 0 fully saturated rings. The van der Waals surface area contributed by atoms with E-state index in [-0.39, 0.29) is 0 Å². The zero-order valence-corrected chi connectivity index (χ0v) is 8.63. The van der Waals surface area contributed by atoms with Gasteiger partial charge in [0, 0.05) is 13.3 Å². The van der Waals surface area contributed by atoms with Crippen molar-refractivity contribution in [2.45, 2.75) is 11.4 Å². The Bertz CT molecular complexity index is 298. The van der Waals surface area contributed by atoms with E-state index in [0.29, 0.717) is 10.9 Å². The summed E-state index contributed by atoms with van der Waals surface area (Å²) in [7, 11) is 3.27. The van der Waals surface area contributed by atoms with E-state index in [2.05, 4.69) is 9.97 Å². The first-order valence-electron chi connectivity index (χ1n) is 3.77. The number of thioether (sulfide) groups is 1. The van der Waals surface area contributed by atoms with Crippen LogP contribution in [0.25, 0.3) is 0 Å². The molecular formula is C7H11BN2O2S. The summed E-state index contributed by atoms with van der Waals surface area (Å²) in [6.45, 7) is 0. The number of methoxy groups -OCH3 is 1. The summed E-state index contributed by atoms with van der Waals surface area (Å²) in [5.41, 5.74) is 1.36. The van der Waals surface area contributed by atoms with Crippen molar-refractivity contribution in [3.05, 3.63) is 11.9 Å². The molecule has 1 aromatic rings. The molecule has 0 bridgehead atoms. The second kappa shape index (κ2) is 4.60. The van der Waals surface area contributed by atoms with Gasteiger partial charge in [-0.05, 0) is 11.7 Å². The summed E-state index contributed by atoms with van der Waals surface area (Å²) in [6, 6.07) is 0. The second-order valence-corrected chi connectivity index (χ2v) is 3.29. The van der Waals surface area contributed by atoms with Crippen molar-refractivity contribution in [1.82, 2.24) is 9.97 Å². The molecule has 6 heteroatoms. The lowest BCUT2D eigenvalue weighted by Gasteiger charge is -2.10. The summed E-state index contributed by atoms with van der Waals surface area (Å²) >= 11 is 1.43. The lowest BCUT2D eigenvalue weighted by molar-refractivity contribution is -0.0795. The van der Waals surface area contributed by atoms with Gasteiger partial charge in [0.05, 0.1) is 5.69 Å². The predicted octanol–water partition coefficient (Wildman–Crippen LogP) is -0.906. The van der Waals surface area contributed by atoms with Gasteiger partial charge >= 0.3 is 0 Å². The van der Waals surface area contributed by atoms with Gasteiger partial charge in [-0.2, -0.15) is 0 Å². The zero-order valence-electron chi connectivity index (χ0n) is 7.81. The Hall–Kier alpha value is -0.585. The van der Waals surface area contributed by atoms with Crippen molar-refractivity contribution in [1.29, 1.82) is 0 Å². The van der Waals surface area contributed by atoms with E-state index in [0.717, 1.165) is 5.46 Å². The molecule has 1 heterocycles. The molecule has 13 heavy (non-hydrogen) atoms. The van der Waals surface area contributed by atoms with E-state index >= 15 is 0 Å². The average Bonchev–Trinajstić information content (AvgIpc) is 2.17. The first-order valence-corrected chi connectivity index (χ1v) is 5.00. The van der Waals surface area contributed by atoms with Crippen molar-refractivity contribution in [3.63, 3.8) is 0 Å². The maximum Gasteiger partial charge on any atom is 0.197 e. The smallest absolute Gasteiger partial charge is 0.197 e. The highest BCUT2D eigenvalue weighted by atomic mass is 32.2. The minimum absolute atomic E-state index is 0.529. The van der Waals surface area contributed by atoms with Crippen molar-refractivity contribution >= 4 is 25.1 Å². The van der Waals surface area contributed by atoms with Crippen LogP contribution >= 0.6 is 11.8 Å². The van der Waals surface area contributed by atoms with Crippen LogP contribution in [0.4, 0.5) is 0 Å². The van der Waals surface area contributed by atoms with Gasteiger partial charge < -0.3 is 9.84 Å². The van der Waals surface area contributed by atoms with Crippen LogP contribution in [-0.2, 0) is 4.74 Å². The van der Waals surface area contributed by atoms with Crippen molar-refractivity contribution in [2.75, 3.05) is 13.4 Å². The Morgan fingerprint density at radius 1 is 1.69 bits per heavy atom. The summed E-state index contributed by atoms with van der Waals surface area (Å²) in [5, 5.41) is 10.0. The first kappa shape index (κ1) is 10.5. The molecule has 0 aliphatic heterocycles. The number of hydrogen-bond acceptors (Lipinski definition) is 5. The van der Waals surface area contributed by atoms with E-state index in [4.69, 9.17) is 4.74 Å². The lowest BCUT2D eigenvalue weighted by Crippen LogP contribution is -2.19. The van der Waals surface area contributed by atoms with E-state index in [9.17, 15) is 5.11 Å². The number of hydrogen-bond donors (Lipinski definition) is 1. The number of aromatic nitrogens is 2. The largest absolute Gasteiger partial charge is 0.363 e. The molecule has 1 rings (SSSR count). The highest BCUT2D eigenvalue weighted by Crippen LogP contribution is 2.11. The molecule has 1 atom stereocenters. The van der Waals surface area contributed by atoms with Crippen LogP contribution in [0.3, 0.4) is 0 Å². The third-order valence-corrected chi connectivity index (χ3v) is 2.19. The Morgan fingerprint density at radius 2 is 2.38 bits per heavy atom. The first-order chi connectivity index (χ1) is 6.19. The molecule has 0 radical (unpaired) electrons. The third kappa shape index (κ3) is 2.43. The third-order valence-electron chi connectivity index (χ3n) is 1.63. The topological polar surface area (TPSA) is 55.2 Å². The van der Waals surface area contributed by atoms with Crippen LogP contribution in [0.15, 0.2) is 11.4 Å². The normalized spacial score (nSPS) is 12.8. The number of aliphatic hydroxyl groups excluding tert-OH is 1. The molecule has 1 N–H and O–H groups in total. The maximum absolute atomic E-state index is 9.41. The van der Waals surface area contributed by atoms with Gasteiger partial charge in [0.1, 0.15) is 7.85 Å². The highest BCUT2D eigenvalue weighted by molar-refractivity contribution is 7.98. The molecule has 0 spiro atoms. The monoisotopic (exact) mass is 198 g/mol. The molecule has 0 saturated carbocycles. The van der Waals surface area contributed by atoms with Crippen LogP contribution in [0.5, 0.6) is 0 Å². The Balaban J connectivity index is 3.03. The Labute approximate surface area is 82.1 Å². The Kier molecular flexibility index (Phi) is 3.71. The average molecular weight is 198 g/mol. The van der Waals surface area contributed by atoms with Gasteiger partial charge in [0.25, 0.3) is 0 Å². The molecular weight excluding hydrogens is 187 g/mol. The van der Waals surface area contributed by atoms with Crippen molar-refractivity contribution in [3.8, 4) is 0 Å². The molecule has 1 aromatic heterocycles. The standard InChI is InChI=1S/C7H11BN2O2S/c1-12-6(11)5-4(8)3-9-7(10-5)13-2/h3,6,11H,8H2,1-2H3. The summed E-state index contributed by atoms with van der Waals surface area (Å²) < 4.78 is 4.77. The molecule has 1 unspecified atom stereocenters. The van der Waals surface area contributed by atoms with Crippen molar-refractivity contribution in [2.24, 2.45) is 0 Å². The van der Waals surface area contributed by atoms with Crippen LogP contribution < -0.4 is 5.46 Å². The van der Waals surface area contributed by atoms with Gasteiger partial charge in [0.15, 0.2) is 11.4 Å². The maximum atomic E-state index is 9.41. The number of ether oxygens (including phenoxy) is 1. The van der Waals surface area contributed by atoms with E-state index in [1.165, 1.54) is 18.9 Å². The van der Waals surface area contributed by atoms with Gasteiger partial charge in [-0.3, -0.25) is 0 Å². The second-order valence-electron chi connectivity index (χ2n) is 2.51. The number of rotatable bonds is 3. The number of nitrogens with zero attached hydrogens (tertiary/aromatic N) is 2. The molecule has 70 valence electrons. The fourth-order valence-electron chi connectivity index (χ4n) is 0.898. The Morgan fingerprint density at radius 3 is 2.92 bits per heavy atom.